The Morgan fingerprint density at radius 2 is 1.61 bits per heavy atom. The van der Waals surface area contributed by atoms with Gasteiger partial charge in [-0.15, -0.1) is 0 Å². The van der Waals surface area contributed by atoms with E-state index in [9.17, 15) is 15.0 Å². The summed E-state index contributed by atoms with van der Waals surface area (Å²) in [5, 5.41) is 21.2. The fraction of sp³-hybridized carbons (Fsp3) is 0.900. The lowest BCUT2D eigenvalue weighted by Gasteiger charge is -2.71. The average Bonchev–Trinajstić information content (AvgIpc) is 2.72. The SMILES string of the molecule is C[C@H]1CC[C@]2(C)CC[C@]3(C)C(=CC[C@@H]4[C@@]5(C)CC[C@H](O)C(C)(C)[C@H]5CC[C@@]43C)[C@H]2[C@@H]1C(=O)O. The molecule has 0 bridgehead atoms. The Hall–Kier alpha value is -0.830. The summed E-state index contributed by atoms with van der Waals surface area (Å²) >= 11 is 0. The lowest BCUT2D eigenvalue weighted by atomic mass is 9.33. The van der Waals surface area contributed by atoms with Crippen LogP contribution in [0.2, 0.25) is 0 Å². The Bertz CT molecular complexity index is 874. The molecule has 10 atom stereocenters. The molecule has 0 spiro atoms. The maximum absolute atomic E-state index is 12.6. The second kappa shape index (κ2) is 7.11. The third kappa shape index (κ3) is 2.87. The molecule has 0 aromatic heterocycles. The Morgan fingerprint density at radius 1 is 0.909 bits per heavy atom. The number of carboxylic acid groups (broad SMARTS) is 1. The zero-order valence-electron chi connectivity index (χ0n) is 22.2. The monoisotopic (exact) mass is 456 g/mol. The van der Waals surface area contributed by atoms with Crippen LogP contribution in [0.4, 0.5) is 0 Å². The van der Waals surface area contributed by atoms with Crippen LogP contribution in [0.1, 0.15) is 106 Å². The van der Waals surface area contributed by atoms with E-state index in [0.717, 1.165) is 32.1 Å². The Labute approximate surface area is 201 Å². The van der Waals surface area contributed by atoms with Crippen molar-refractivity contribution in [2.45, 2.75) is 112 Å². The summed E-state index contributed by atoms with van der Waals surface area (Å²) in [6.45, 7) is 16.8. The summed E-state index contributed by atoms with van der Waals surface area (Å²) in [6, 6.07) is 0. The number of carbonyl (C=O) groups is 1. The summed E-state index contributed by atoms with van der Waals surface area (Å²) in [5.41, 5.74) is 2.14. The van der Waals surface area contributed by atoms with E-state index < -0.39 is 5.97 Å². The van der Waals surface area contributed by atoms with Gasteiger partial charge in [-0.05, 0) is 109 Å². The second-order valence-corrected chi connectivity index (χ2v) is 14.7. The van der Waals surface area contributed by atoms with E-state index in [1.807, 2.05) is 0 Å². The van der Waals surface area contributed by atoms with Crippen LogP contribution >= 0.6 is 0 Å². The predicted molar refractivity (Wildman–Crippen MR) is 133 cm³/mol. The molecule has 0 saturated heterocycles. The van der Waals surface area contributed by atoms with Gasteiger partial charge in [0.05, 0.1) is 12.0 Å². The molecule has 4 saturated carbocycles. The minimum atomic E-state index is -0.575. The van der Waals surface area contributed by atoms with Gasteiger partial charge < -0.3 is 10.2 Å². The van der Waals surface area contributed by atoms with Gasteiger partial charge in [0.15, 0.2) is 0 Å². The first-order valence-corrected chi connectivity index (χ1v) is 13.8. The molecule has 33 heavy (non-hydrogen) atoms. The third-order valence-corrected chi connectivity index (χ3v) is 13.2. The van der Waals surface area contributed by atoms with E-state index in [4.69, 9.17) is 0 Å². The first-order valence-electron chi connectivity index (χ1n) is 13.8. The normalized spacial score (nSPS) is 55.3. The van der Waals surface area contributed by atoms with Gasteiger partial charge in [0.2, 0.25) is 0 Å². The maximum atomic E-state index is 12.6. The van der Waals surface area contributed by atoms with Crippen LogP contribution in [0.5, 0.6) is 0 Å². The molecular weight excluding hydrogens is 408 g/mol. The van der Waals surface area contributed by atoms with Crippen LogP contribution in [0, 0.1) is 56.7 Å². The number of aliphatic carboxylic acids is 1. The first kappa shape index (κ1) is 23.9. The van der Waals surface area contributed by atoms with Gasteiger partial charge in [-0.25, -0.2) is 0 Å². The van der Waals surface area contributed by atoms with Gasteiger partial charge in [0, 0.05) is 0 Å². The molecule has 5 aliphatic carbocycles. The highest BCUT2D eigenvalue weighted by Crippen LogP contribution is 2.75. The van der Waals surface area contributed by atoms with Crippen molar-refractivity contribution in [3.8, 4) is 0 Å². The number of aliphatic hydroxyl groups is 1. The molecular formula is C30H48O3. The van der Waals surface area contributed by atoms with Gasteiger partial charge in [0.1, 0.15) is 0 Å². The molecule has 5 aliphatic rings. The number of hydrogen-bond donors (Lipinski definition) is 2. The minimum absolute atomic E-state index is 0.0302. The molecule has 0 heterocycles. The lowest BCUT2D eigenvalue weighted by Crippen LogP contribution is -2.65. The van der Waals surface area contributed by atoms with E-state index in [-0.39, 0.29) is 50.9 Å². The average molecular weight is 457 g/mol. The summed E-state index contributed by atoms with van der Waals surface area (Å²) in [7, 11) is 0. The van der Waals surface area contributed by atoms with Crippen molar-refractivity contribution in [2.24, 2.45) is 56.7 Å². The zero-order valence-corrected chi connectivity index (χ0v) is 22.2. The van der Waals surface area contributed by atoms with E-state index in [0.29, 0.717) is 11.8 Å². The fourth-order valence-corrected chi connectivity index (χ4v) is 10.9. The van der Waals surface area contributed by atoms with Crippen LogP contribution < -0.4 is 0 Å². The minimum Gasteiger partial charge on any atom is -0.481 e. The molecule has 3 heteroatoms. The Kier molecular flexibility index (Phi) is 5.15. The van der Waals surface area contributed by atoms with Gasteiger partial charge in [-0.2, -0.15) is 0 Å². The van der Waals surface area contributed by atoms with Gasteiger partial charge in [0.25, 0.3) is 0 Å². The van der Waals surface area contributed by atoms with Crippen molar-refractivity contribution in [3.05, 3.63) is 11.6 Å². The van der Waals surface area contributed by atoms with Gasteiger partial charge in [-0.1, -0.05) is 60.1 Å². The molecule has 0 unspecified atom stereocenters. The van der Waals surface area contributed by atoms with Crippen molar-refractivity contribution >= 4 is 5.97 Å². The summed E-state index contributed by atoms with van der Waals surface area (Å²) in [6.07, 6.45) is 12.5. The van der Waals surface area contributed by atoms with Gasteiger partial charge in [-0.3, -0.25) is 4.79 Å². The summed E-state index contributed by atoms with van der Waals surface area (Å²) in [5.74, 6) is 0.785. The number of fused-ring (bicyclic) bond motifs is 7. The van der Waals surface area contributed by atoms with Crippen LogP contribution in [-0.2, 0) is 4.79 Å². The van der Waals surface area contributed by atoms with E-state index in [2.05, 4.69) is 54.5 Å². The smallest absolute Gasteiger partial charge is 0.307 e. The van der Waals surface area contributed by atoms with E-state index >= 15 is 0 Å². The maximum Gasteiger partial charge on any atom is 0.307 e. The van der Waals surface area contributed by atoms with Crippen LogP contribution in [-0.4, -0.2) is 22.3 Å². The summed E-state index contributed by atoms with van der Waals surface area (Å²) in [4.78, 5) is 12.6. The van der Waals surface area contributed by atoms with Crippen molar-refractivity contribution in [2.75, 3.05) is 0 Å². The lowest BCUT2D eigenvalue weighted by molar-refractivity contribution is -0.204. The predicted octanol–water partition coefficient (Wildman–Crippen LogP) is 7.09. The molecule has 4 fully saturated rings. The highest BCUT2D eigenvalue weighted by Gasteiger charge is 2.68. The third-order valence-electron chi connectivity index (χ3n) is 13.2. The van der Waals surface area contributed by atoms with Crippen molar-refractivity contribution < 1.29 is 15.0 Å². The Morgan fingerprint density at radius 3 is 2.27 bits per heavy atom. The number of rotatable bonds is 1. The molecule has 186 valence electrons. The highest BCUT2D eigenvalue weighted by atomic mass is 16.4. The molecule has 0 aromatic carbocycles. The van der Waals surface area contributed by atoms with Crippen LogP contribution in [0.25, 0.3) is 0 Å². The number of carboxylic acids is 1. The molecule has 3 nitrogen and oxygen atoms in total. The summed E-state index contributed by atoms with van der Waals surface area (Å²) < 4.78 is 0. The fourth-order valence-electron chi connectivity index (χ4n) is 10.9. The second-order valence-electron chi connectivity index (χ2n) is 14.7. The largest absolute Gasteiger partial charge is 0.481 e. The highest BCUT2D eigenvalue weighted by molar-refractivity contribution is 5.72. The van der Waals surface area contributed by atoms with Crippen LogP contribution in [0.3, 0.4) is 0 Å². The number of allylic oxidation sites excluding steroid dienone is 2. The molecule has 0 aromatic rings. The van der Waals surface area contributed by atoms with Crippen molar-refractivity contribution in [1.29, 1.82) is 0 Å². The first-order chi connectivity index (χ1) is 15.2. The standard InChI is InChI=1S/C30H48O3/c1-18-10-13-27(4)16-17-29(6)19(24(27)23(18)25(32)33)8-9-21-28(5)14-12-22(31)26(2,3)20(28)11-15-30(21,29)7/h8,18,20-24,31H,9-17H2,1-7H3,(H,32,33)/t18-,20+,21+,22-,23+,24-,27+,28-,29+,30-/m0/s1. The number of hydrogen-bond acceptors (Lipinski definition) is 2. The van der Waals surface area contributed by atoms with Gasteiger partial charge >= 0.3 is 5.97 Å². The van der Waals surface area contributed by atoms with E-state index in [1.165, 1.54) is 31.3 Å². The molecule has 5 rings (SSSR count). The van der Waals surface area contributed by atoms with Crippen molar-refractivity contribution in [3.63, 3.8) is 0 Å². The molecule has 0 amide bonds. The molecule has 0 radical (unpaired) electrons. The van der Waals surface area contributed by atoms with E-state index in [1.54, 1.807) is 0 Å². The molecule has 0 aliphatic heterocycles. The Balaban J connectivity index is 1.61. The topological polar surface area (TPSA) is 57.5 Å². The quantitative estimate of drug-likeness (QED) is 0.414. The van der Waals surface area contributed by atoms with Crippen LogP contribution in [0.15, 0.2) is 11.6 Å². The number of aliphatic hydroxyl groups excluding tert-OH is 1. The zero-order chi connectivity index (χ0) is 24.2. The molecule has 2 N–H and O–H groups in total. The van der Waals surface area contributed by atoms with Crippen molar-refractivity contribution in [1.82, 2.24) is 0 Å².